The Morgan fingerprint density at radius 2 is 2.25 bits per heavy atom. The molecule has 1 atom stereocenters. The molecule has 3 N–H and O–H groups in total. The van der Waals surface area contributed by atoms with Crippen molar-refractivity contribution in [3.63, 3.8) is 0 Å². The van der Waals surface area contributed by atoms with Gasteiger partial charge in [0.25, 0.3) is 0 Å². The van der Waals surface area contributed by atoms with Crippen LogP contribution in [0.5, 0.6) is 0 Å². The standard InChI is InChI=1S/C11H14N2O2S/c1-3-7-13-9(2)10-5-4-6-11(8-10)16(12,14)15/h1,4-6,8-9,13H,7H2,2H3,(H2,12,14,15). The van der Waals surface area contributed by atoms with Gasteiger partial charge < -0.3 is 0 Å². The normalized spacial score (nSPS) is 13.1. The van der Waals surface area contributed by atoms with E-state index in [1.807, 2.05) is 13.0 Å². The van der Waals surface area contributed by atoms with E-state index >= 15 is 0 Å². The number of rotatable bonds is 4. The van der Waals surface area contributed by atoms with E-state index in [0.29, 0.717) is 6.54 Å². The van der Waals surface area contributed by atoms with Crippen LogP contribution in [-0.4, -0.2) is 15.0 Å². The van der Waals surface area contributed by atoms with E-state index in [4.69, 9.17) is 11.6 Å². The predicted molar refractivity (Wildman–Crippen MR) is 63.1 cm³/mol. The first kappa shape index (κ1) is 12.7. The quantitative estimate of drug-likeness (QED) is 0.755. The average Bonchev–Trinajstić information content (AvgIpc) is 2.25. The van der Waals surface area contributed by atoms with Crippen LogP contribution in [0.15, 0.2) is 29.2 Å². The molecule has 0 aromatic heterocycles. The zero-order valence-electron chi connectivity index (χ0n) is 8.97. The summed E-state index contributed by atoms with van der Waals surface area (Å²) in [7, 11) is -3.65. The van der Waals surface area contributed by atoms with E-state index in [2.05, 4.69) is 11.2 Å². The molecule has 0 aliphatic heterocycles. The number of hydrogen-bond acceptors (Lipinski definition) is 3. The lowest BCUT2D eigenvalue weighted by Crippen LogP contribution is -2.19. The molecule has 0 radical (unpaired) electrons. The summed E-state index contributed by atoms with van der Waals surface area (Å²) in [6, 6.07) is 6.47. The van der Waals surface area contributed by atoms with Crippen LogP contribution >= 0.6 is 0 Å². The molecule has 0 saturated heterocycles. The molecule has 86 valence electrons. The fourth-order valence-corrected chi connectivity index (χ4v) is 1.86. The Balaban J connectivity index is 2.96. The summed E-state index contributed by atoms with van der Waals surface area (Å²) in [4.78, 5) is 0.111. The molecular formula is C11H14N2O2S. The highest BCUT2D eigenvalue weighted by Crippen LogP contribution is 2.16. The summed E-state index contributed by atoms with van der Waals surface area (Å²) in [6.07, 6.45) is 5.13. The van der Waals surface area contributed by atoms with Crippen LogP contribution in [0.1, 0.15) is 18.5 Å². The van der Waals surface area contributed by atoms with Crippen molar-refractivity contribution in [1.29, 1.82) is 0 Å². The van der Waals surface area contributed by atoms with E-state index < -0.39 is 10.0 Å². The fraction of sp³-hybridized carbons (Fsp3) is 0.273. The molecule has 1 aromatic carbocycles. The van der Waals surface area contributed by atoms with Gasteiger partial charge >= 0.3 is 0 Å². The second kappa shape index (κ2) is 5.12. The summed E-state index contributed by atoms with van der Waals surface area (Å²) in [5.41, 5.74) is 0.835. The van der Waals surface area contributed by atoms with Gasteiger partial charge in [-0.1, -0.05) is 18.1 Å². The van der Waals surface area contributed by atoms with Crippen LogP contribution < -0.4 is 10.5 Å². The Kier molecular flexibility index (Phi) is 4.07. The molecule has 0 heterocycles. The van der Waals surface area contributed by atoms with Gasteiger partial charge in [0.2, 0.25) is 10.0 Å². The highest BCUT2D eigenvalue weighted by Gasteiger charge is 2.10. The van der Waals surface area contributed by atoms with E-state index in [0.717, 1.165) is 5.56 Å². The topological polar surface area (TPSA) is 72.2 Å². The van der Waals surface area contributed by atoms with E-state index in [1.54, 1.807) is 12.1 Å². The molecule has 1 aromatic rings. The number of benzene rings is 1. The molecule has 16 heavy (non-hydrogen) atoms. The number of primary sulfonamides is 1. The van der Waals surface area contributed by atoms with Crippen LogP contribution in [0.4, 0.5) is 0 Å². The Morgan fingerprint density at radius 1 is 1.56 bits per heavy atom. The van der Waals surface area contributed by atoms with Crippen LogP contribution in [0.2, 0.25) is 0 Å². The minimum Gasteiger partial charge on any atom is -0.300 e. The maximum atomic E-state index is 11.1. The summed E-state index contributed by atoms with van der Waals surface area (Å²) in [5, 5.41) is 8.10. The SMILES string of the molecule is C#CCNC(C)c1cccc(S(N)(=O)=O)c1. The van der Waals surface area contributed by atoms with E-state index in [9.17, 15) is 8.42 Å². The molecule has 0 fully saturated rings. The van der Waals surface area contributed by atoms with Crippen molar-refractivity contribution < 1.29 is 8.42 Å². The number of hydrogen-bond donors (Lipinski definition) is 2. The van der Waals surface area contributed by atoms with Gasteiger partial charge in [-0.15, -0.1) is 6.42 Å². The third-order valence-corrected chi connectivity index (χ3v) is 3.11. The maximum Gasteiger partial charge on any atom is 0.238 e. The minimum atomic E-state index is -3.65. The molecule has 0 spiro atoms. The lowest BCUT2D eigenvalue weighted by Gasteiger charge is -2.12. The van der Waals surface area contributed by atoms with Gasteiger partial charge in [0.15, 0.2) is 0 Å². The first-order valence-corrected chi connectivity index (χ1v) is 6.29. The highest BCUT2D eigenvalue weighted by molar-refractivity contribution is 7.89. The minimum absolute atomic E-state index is 0.0160. The number of sulfonamides is 1. The second-order valence-corrected chi connectivity index (χ2v) is 4.99. The van der Waals surface area contributed by atoms with E-state index in [1.165, 1.54) is 6.07 Å². The molecule has 0 amide bonds. The molecule has 0 bridgehead atoms. The molecule has 0 saturated carbocycles. The van der Waals surface area contributed by atoms with Crippen LogP contribution in [0.3, 0.4) is 0 Å². The molecule has 1 rings (SSSR count). The number of terminal acetylenes is 1. The molecule has 4 nitrogen and oxygen atoms in total. The first-order chi connectivity index (χ1) is 7.45. The molecular weight excluding hydrogens is 224 g/mol. The van der Waals surface area contributed by atoms with Gasteiger partial charge in [-0.05, 0) is 24.6 Å². The Morgan fingerprint density at radius 3 is 2.81 bits per heavy atom. The van der Waals surface area contributed by atoms with Gasteiger partial charge in [0, 0.05) is 6.04 Å². The van der Waals surface area contributed by atoms with Crippen LogP contribution in [0, 0.1) is 12.3 Å². The zero-order chi connectivity index (χ0) is 12.2. The highest BCUT2D eigenvalue weighted by atomic mass is 32.2. The van der Waals surface area contributed by atoms with Crippen molar-refractivity contribution in [2.75, 3.05) is 6.54 Å². The Bertz CT molecular complexity index is 503. The van der Waals surface area contributed by atoms with Crippen LogP contribution in [0.25, 0.3) is 0 Å². The van der Waals surface area contributed by atoms with Crippen molar-refractivity contribution in [3.05, 3.63) is 29.8 Å². The van der Waals surface area contributed by atoms with Gasteiger partial charge in [0.1, 0.15) is 0 Å². The molecule has 0 aliphatic carbocycles. The maximum absolute atomic E-state index is 11.1. The Hall–Kier alpha value is -1.35. The summed E-state index contributed by atoms with van der Waals surface area (Å²) >= 11 is 0. The van der Waals surface area contributed by atoms with Crippen molar-refractivity contribution in [2.24, 2.45) is 5.14 Å². The summed E-state index contributed by atoms with van der Waals surface area (Å²) in [5.74, 6) is 2.46. The number of nitrogens with one attached hydrogen (secondary N) is 1. The number of nitrogens with two attached hydrogens (primary N) is 1. The van der Waals surface area contributed by atoms with Gasteiger partial charge in [-0.2, -0.15) is 0 Å². The predicted octanol–water partition coefficient (Wildman–Crippen LogP) is 0.618. The Labute approximate surface area is 95.9 Å². The van der Waals surface area contributed by atoms with Crippen molar-refractivity contribution >= 4 is 10.0 Å². The average molecular weight is 238 g/mol. The second-order valence-electron chi connectivity index (χ2n) is 3.42. The lowest BCUT2D eigenvalue weighted by atomic mass is 10.1. The van der Waals surface area contributed by atoms with Crippen LogP contribution in [-0.2, 0) is 10.0 Å². The third kappa shape index (κ3) is 3.35. The monoisotopic (exact) mass is 238 g/mol. The van der Waals surface area contributed by atoms with Gasteiger partial charge in [-0.25, -0.2) is 13.6 Å². The van der Waals surface area contributed by atoms with Gasteiger partial charge in [-0.3, -0.25) is 5.32 Å². The largest absolute Gasteiger partial charge is 0.300 e. The van der Waals surface area contributed by atoms with E-state index in [-0.39, 0.29) is 10.9 Å². The van der Waals surface area contributed by atoms with Gasteiger partial charge in [0.05, 0.1) is 11.4 Å². The zero-order valence-corrected chi connectivity index (χ0v) is 9.79. The van der Waals surface area contributed by atoms with Crippen molar-refractivity contribution in [1.82, 2.24) is 5.32 Å². The summed E-state index contributed by atoms with van der Waals surface area (Å²) in [6.45, 7) is 2.33. The third-order valence-electron chi connectivity index (χ3n) is 2.20. The summed E-state index contributed by atoms with van der Waals surface area (Å²) < 4.78 is 22.3. The molecule has 1 unspecified atom stereocenters. The lowest BCUT2D eigenvalue weighted by molar-refractivity contribution is 0.596. The molecule has 5 heteroatoms. The first-order valence-electron chi connectivity index (χ1n) is 4.75. The fourth-order valence-electron chi connectivity index (χ4n) is 1.29. The smallest absolute Gasteiger partial charge is 0.238 e. The van der Waals surface area contributed by atoms with Crippen molar-refractivity contribution in [3.8, 4) is 12.3 Å². The van der Waals surface area contributed by atoms with Crippen molar-refractivity contribution in [2.45, 2.75) is 17.9 Å². The molecule has 0 aliphatic rings.